The van der Waals surface area contributed by atoms with Gasteiger partial charge in [-0.2, -0.15) is 0 Å². The minimum atomic E-state index is -3.89. The SMILES string of the molecule is O=[N+]([O-])c1cccc(NS(=O)(=O)c2ccccc2Cl)c1. The third-order valence-corrected chi connectivity index (χ3v) is 4.32. The van der Waals surface area contributed by atoms with Gasteiger partial charge in [0, 0.05) is 12.1 Å². The van der Waals surface area contributed by atoms with Gasteiger partial charge in [-0.05, 0) is 18.2 Å². The van der Waals surface area contributed by atoms with E-state index >= 15 is 0 Å². The smallest absolute Gasteiger partial charge is 0.271 e. The molecule has 0 heterocycles. The third kappa shape index (κ3) is 3.06. The van der Waals surface area contributed by atoms with E-state index in [1.165, 1.54) is 36.4 Å². The first kappa shape index (κ1) is 14.3. The number of anilines is 1. The number of non-ortho nitro benzene ring substituents is 1. The Morgan fingerprint density at radius 3 is 2.45 bits per heavy atom. The maximum absolute atomic E-state index is 12.1. The molecule has 0 aliphatic carbocycles. The molecular formula is C12H9ClN2O4S. The highest BCUT2D eigenvalue weighted by molar-refractivity contribution is 7.92. The first-order valence-corrected chi connectivity index (χ1v) is 7.28. The van der Waals surface area contributed by atoms with Crippen molar-refractivity contribution >= 4 is 33.0 Å². The summed E-state index contributed by atoms with van der Waals surface area (Å²) in [5.74, 6) is 0. The largest absolute Gasteiger partial charge is 0.279 e. The van der Waals surface area contributed by atoms with Crippen molar-refractivity contribution in [1.82, 2.24) is 0 Å². The van der Waals surface area contributed by atoms with E-state index in [4.69, 9.17) is 11.6 Å². The second-order valence-electron chi connectivity index (χ2n) is 3.84. The van der Waals surface area contributed by atoms with Crippen LogP contribution in [0.2, 0.25) is 5.02 Å². The van der Waals surface area contributed by atoms with Gasteiger partial charge in [0.15, 0.2) is 0 Å². The molecule has 0 radical (unpaired) electrons. The number of benzene rings is 2. The number of nitrogens with one attached hydrogen (secondary N) is 1. The van der Waals surface area contributed by atoms with Crippen LogP contribution >= 0.6 is 11.6 Å². The molecule has 0 bridgehead atoms. The van der Waals surface area contributed by atoms with Crippen molar-refractivity contribution in [2.75, 3.05) is 4.72 Å². The van der Waals surface area contributed by atoms with E-state index in [1.807, 2.05) is 0 Å². The van der Waals surface area contributed by atoms with Crippen molar-refractivity contribution in [2.24, 2.45) is 0 Å². The summed E-state index contributed by atoms with van der Waals surface area (Å²) in [5, 5.41) is 10.7. The van der Waals surface area contributed by atoms with Crippen LogP contribution in [0.15, 0.2) is 53.4 Å². The van der Waals surface area contributed by atoms with E-state index in [2.05, 4.69) is 4.72 Å². The zero-order valence-electron chi connectivity index (χ0n) is 9.99. The van der Waals surface area contributed by atoms with Gasteiger partial charge in [-0.15, -0.1) is 0 Å². The van der Waals surface area contributed by atoms with E-state index < -0.39 is 14.9 Å². The number of nitro groups is 1. The van der Waals surface area contributed by atoms with Gasteiger partial charge in [0.2, 0.25) is 0 Å². The summed E-state index contributed by atoms with van der Waals surface area (Å²) in [6, 6.07) is 11.2. The highest BCUT2D eigenvalue weighted by Crippen LogP contribution is 2.24. The fourth-order valence-electron chi connectivity index (χ4n) is 1.56. The van der Waals surface area contributed by atoms with Gasteiger partial charge in [0.1, 0.15) is 4.90 Å². The van der Waals surface area contributed by atoms with Crippen molar-refractivity contribution in [3.63, 3.8) is 0 Å². The summed E-state index contributed by atoms with van der Waals surface area (Å²) in [6.07, 6.45) is 0. The quantitative estimate of drug-likeness (QED) is 0.694. The Bertz CT molecular complexity index is 762. The summed E-state index contributed by atoms with van der Waals surface area (Å²) in [5.41, 5.74) is -0.108. The molecule has 0 fully saturated rings. The Hall–Kier alpha value is -2.12. The second-order valence-corrected chi connectivity index (χ2v) is 5.90. The summed E-state index contributed by atoms with van der Waals surface area (Å²) in [6.45, 7) is 0. The van der Waals surface area contributed by atoms with Crippen LogP contribution in [0.4, 0.5) is 11.4 Å². The molecule has 2 rings (SSSR count). The van der Waals surface area contributed by atoms with E-state index in [0.29, 0.717) is 0 Å². The molecule has 0 amide bonds. The third-order valence-electron chi connectivity index (χ3n) is 2.44. The summed E-state index contributed by atoms with van der Waals surface area (Å²) in [7, 11) is -3.89. The minimum Gasteiger partial charge on any atom is -0.279 e. The predicted octanol–water partition coefficient (Wildman–Crippen LogP) is 3.05. The van der Waals surface area contributed by atoms with Crippen molar-refractivity contribution in [3.8, 4) is 0 Å². The number of rotatable bonds is 4. The van der Waals surface area contributed by atoms with Crippen LogP contribution in [0, 0.1) is 10.1 Å². The van der Waals surface area contributed by atoms with Crippen molar-refractivity contribution in [3.05, 3.63) is 63.7 Å². The number of nitro benzene ring substituents is 1. The average Bonchev–Trinajstić information content (AvgIpc) is 2.38. The fourth-order valence-corrected chi connectivity index (χ4v) is 3.13. The summed E-state index contributed by atoms with van der Waals surface area (Å²) in [4.78, 5) is 9.96. The normalized spacial score (nSPS) is 11.1. The molecule has 20 heavy (non-hydrogen) atoms. The number of sulfonamides is 1. The molecule has 0 spiro atoms. The molecule has 0 aliphatic heterocycles. The summed E-state index contributed by atoms with van der Waals surface area (Å²) >= 11 is 5.83. The second kappa shape index (κ2) is 5.48. The van der Waals surface area contributed by atoms with Crippen molar-refractivity contribution in [2.45, 2.75) is 4.90 Å². The number of halogens is 1. The van der Waals surface area contributed by atoms with Crippen LogP contribution in [0.3, 0.4) is 0 Å². The fraction of sp³-hybridized carbons (Fsp3) is 0. The lowest BCUT2D eigenvalue weighted by molar-refractivity contribution is -0.384. The van der Waals surface area contributed by atoms with Crippen LogP contribution in [-0.4, -0.2) is 13.3 Å². The molecule has 0 saturated heterocycles. The summed E-state index contributed by atoms with van der Waals surface area (Å²) < 4.78 is 26.5. The van der Waals surface area contributed by atoms with Crippen molar-refractivity contribution in [1.29, 1.82) is 0 Å². The van der Waals surface area contributed by atoms with Crippen LogP contribution in [0.25, 0.3) is 0 Å². The standard InChI is InChI=1S/C12H9ClN2O4S/c13-11-6-1-2-7-12(11)20(18,19)14-9-4-3-5-10(8-9)15(16)17/h1-8,14H. The molecule has 8 heteroatoms. The molecule has 2 aromatic carbocycles. The van der Waals surface area contributed by atoms with E-state index in [-0.39, 0.29) is 21.3 Å². The van der Waals surface area contributed by atoms with Crippen LogP contribution < -0.4 is 4.72 Å². The van der Waals surface area contributed by atoms with Crippen molar-refractivity contribution < 1.29 is 13.3 Å². The Labute approximate surface area is 120 Å². The van der Waals surface area contributed by atoms with Gasteiger partial charge >= 0.3 is 0 Å². The Morgan fingerprint density at radius 2 is 1.80 bits per heavy atom. The molecule has 1 N–H and O–H groups in total. The van der Waals surface area contributed by atoms with Gasteiger partial charge < -0.3 is 0 Å². The molecular weight excluding hydrogens is 304 g/mol. The Balaban J connectivity index is 2.36. The first-order valence-electron chi connectivity index (χ1n) is 5.42. The molecule has 0 aliphatic rings. The zero-order valence-corrected chi connectivity index (χ0v) is 11.6. The Morgan fingerprint density at radius 1 is 1.10 bits per heavy atom. The van der Waals surface area contributed by atoms with Gasteiger partial charge in [0.05, 0.1) is 15.6 Å². The van der Waals surface area contributed by atoms with E-state index in [9.17, 15) is 18.5 Å². The maximum atomic E-state index is 12.1. The van der Waals surface area contributed by atoms with E-state index in [1.54, 1.807) is 6.07 Å². The van der Waals surface area contributed by atoms with Gasteiger partial charge in [-0.25, -0.2) is 8.42 Å². The monoisotopic (exact) mass is 312 g/mol. The van der Waals surface area contributed by atoms with Gasteiger partial charge in [-0.1, -0.05) is 29.8 Å². The molecule has 2 aromatic rings. The zero-order chi connectivity index (χ0) is 14.8. The molecule has 104 valence electrons. The number of hydrogen-bond acceptors (Lipinski definition) is 4. The van der Waals surface area contributed by atoms with Gasteiger partial charge in [-0.3, -0.25) is 14.8 Å². The van der Waals surface area contributed by atoms with Crippen LogP contribution in [0.5, 0.6) is 0 Å². The molecule has 6 nitrogen and oxygen atoms in total. The number of nitrogens with zero attached hydrogens (tertiary/aromatic N) is 1. The lowest BCUT2D eigenvalue weighted by atomic mass is 10.3. The first-order chi connectivity index (χ1) is 9.40. The lowest BCUT2D eigenvalue weighted by Gasteiger charge is -2.09. The lowest BCUT2D eigenvalue weighted by Crippen LogP contribution is -2.13. The van der Waals surface area contributed by atoms with Crippen LogP contribution in [0.1, 0.15) is 0 Å². The minimum absolute atomic E-state index is 0.0745. The average molecular weight is 313 g/mol. The van der Waals surface area contributed by atoms with Gasteiger partial charge in [0.25, 0.3) is 15.7 Å². The number of hydrogen-bond donors (Lipinski definition) is 1. The van der Waals surface area contributed by atoms with Crippen LogP contribution in [-0.2, 0) is 10.0 Å². The highest BCUT2D eigenvalue weighted by atomic mass is 35.5. The Kier molecular flexibility index (Phi) is 3.91. The highest BCUT2D eigenvalue weighted by Gasteiger charge is 2.18. The van der Waals surface area contributed by atoms with E-state index in [0.717, 1.165) is 6.07 Å². The molecule has 0 atom stereocenters. The predicted molar refractivity (Wildman–Crippen MR) is 75.4 cm³/mol. The molecule has 0 unspecified atom stereocenters. The molecule has 0 saturated carbocycles. The topological polar surface area (TPSA) is 89.3 Å². The molecule has 0 aromatic heterocycles. The maximum Gasteiger partial charge on any atom is 0.271 e.